The summed E-state index contributed by atoms with van der Waals surface area (Å²) >= 11 is 0. The molecule has 0 unspecified atom stereocenters. The van der Waals surface area contributed by atoms with E-state index in [1.165, 1.54) is 4.90 Å². The summed E-state index contributed by atoms with van der Waals surface area (Å²) in [4.78, 5) is 12.1. The van der Waals surface area contributed by atoms with Gasteiger partial charge in [-0.15, -0.1) is 0 Å². The molecule has 0 bridgehead atoms. The fourth-order valence-corrected chi connectivity index (χ4v) is 1.12. The number of carbonyl (C=O) groups excluding carboxylic acids is 1. The second-order valence-electron chi connectivity index (χ2n) is 2.79. The van der Waals surface area contributed by atoms with Crippen LogP contribution < -0.4 is 0 Å². The largest absolute Gasteiger partial charge is 0.395 e. The Kier molecular flexibility index (Phi) is 3.99. The topological polar surface area (TPSA) is 40.5 Å². The van der Waals surface area contributed by atoms with Crippen LogP contribution in [0, 0.1) is 0 Å². The van der Waals surface area contributed by atoms with Crippen LogP contribution in [0.15, 0.2) is 30.3 Å². The van der Waals surface area contributed by atoms with Gasteiger partial charge in [0.15, 0.2) is 0 Å². The molecule has 1 amide bonds. The maximum atomic E-state index is 10.5. The minimum absolute atomic E-state index is 0.00553. The van der Waals surface area contributed by atoms with Crippen molar-refractivity contribution >= 4 is 6.41 Å². The third-order valence-electron chi connectivity index (χ3n) is 1.76. The Balaban J connectivity index is 2.51. The van der Waals surface area contributed by atoms with Crippen LogP contribution in [0.5, 0.6) is 0 Å². The van der Waals surface area contributed by atoms with Crippen molar-refractivity contribution in [3.63, 3.8) is 0 Å². The summed E-state index contributed by atoms with van der Waals surface area (Å²) in [7, 11) is 0. The molecule has 0 saturated carbocycles. The van der Waals surface area contributed by atoms with Gasteiger partial charge in [0.1, 0.15) is 0 Å². The van der Waals surface area contributed by atoms with Crippen molar-refractivity contribution in [2.24, 2.45) is 0 Å². The molecule has 0 aromatic heterocycles. The number of benzene rings is 1. The van der Waals surface area contributed by atoms with Gasteiger partial charge in [0, 0.05) is 13.1 Å². The molecule has 13 heavy (non-hydrogen) atoms. The first-order chi connectivity index (χ1) is 6.36. The third-order valence-corrected chi connectivity index (χ3v) is 1.76. The first-order valence-electron chi connectivity index (χ1n) is 4.21. The lowest BCUT2D eigenvalue weighted by Crippen LogP contribution is -2.24. The summed E-state index contributed by atoms with van der Waals surface area (Å²) in [5.41, 5.74) is 1.07. The van der Waals surface area contributed by atoms with E-state index in [9.17, 15) is 4.79 Å². The number of aliphatic hydroxyl groups is 1. The van der Waals surface area contributed by atoms with E-state index in [-0.39, 0.29) is 6.61 Å². The van der Waals surface area contributed by atoms with Gasteiger partial charge in [-0.05, 0) is 5.56 Å². The van der Waals surface area contributed by atoms with Gasteiger partial charge in [0.2, 0.25) is 6.41 Å². The van der Waals surface area contributed by atoms with E-state index in [4.69, 9.17) is 5.11 Å². The maximum Gasteiger partial charge on any atom is 0.210 e. The number of nitrogens with zero attached hydrogens (tertiary/aromatic N) is 1. The Morgan fingerprint density at radius 1 is 1.31 bits per heavy atom. The Hall–Kier alpha value is -1.35. The molecule has 0 fully saturated rings. The van der Waals surface area contributed by atoms with E-state index in [0.29, 0.717) is 13.1 Å². The van der Waals surface area contributed by atoms with E-state index >= 15 is 0 Å². The van der Waals surface area contributed by atoms with Crippen LogP contribution in [-0.4, -0.2) is 29.6 Å². The SMILES string of the molecule is O=CN(CCO)Cc1ccccc1. The molecule has 1 aromatic rings. The molecule has 1 rings (SSSR count). The molecular formula is C10H13NO2. The Labute approximate surface area is 77.6 Å². The first-order valence-corrected chi connectivity index (χ1v) is 4.21. The molecule has 0 spiro atoms. The summed E-state index contributed by atoms with van der Waals surface area (Å²) < 4.78 is 0. The highest BCUT2D eigenvalue weighted by Gasteiger charge is 2.00. The zero-order chi connectivity index (χ0) is 9.52. The van der Waals surface area contributed by atoms with Crippen molar-refractivity contribution in [1.82, 2.24) is 4.90 Å². The summed E-state index contributed by atoms with van der Waals surface area (Å²) in [6.07, 6.45) is 0.753. The molecule has 3 heteroatoms. The molecule has 70 valence electrons. The van der Waals surface area contributed by atoms with Gasteiger partial charge >= 0.3 is 0 Å². The lowest BCUT2D eigenvalue weighted by Gasteiger charge is -2.15. The first kappa shape index (κ1) is 9.74. The zero-order valence-electron chi connectivity index (χ0n) is 7.39. The molecule has 0 radical (unpaired) electrons. The minimum atomic E-state index is 0.00553. The predicted octanol–water partition coefficient (Wildman–Crippen LogP) is 0.637. The summed E-state index contributed by atoms with van der Waals surface area (Å²) in [5, 5.41) is 8.65. The summed E-state index contributed by atoms with van der Waals surface area (Å²) in [6.45, 7) is 0.953. The molecule has 0 aliphatic heterocycles. The number of hydrogen-bond acceptors (Lipinski definition) is 2. The van der Waals surface area contributed by atoms with Gasteiger partial charge in [0.05, 0.1) is 6.61 Å². The molecule has 3 nitrogen and oxygen atoms in total. The van der Waals surface area contributed by atoms with E-state index < -0.39 is 0 Å². The monoisotopic (exact) mass is 179 g/mol. The van der Waals surface area contributed by atoms with E-state index in [1.54, 1.807) is 0 Å². The van der Waals surface area contributed by atoms with Crippen LogP contribution in [0.2, 0.25) is 0 Å². The average Bonchev–Trinajstić information content (AvgIpc) is 2.19. The molecule has 0 atom stereocenters. The van der Waals surface area contributed by atoms with Crippen molar-refractivity contribution in [2.75, 3.05) is 13.2 Å². The standard InChI is InChI=1S/C10H13NO2/c12-7-6-11(9-13)8-10-4-2-1-3-5-10/h1-5,9,12H,6-8H2. The number of amides is 1. The molecule has 0 aliphatic carbocycles. The third kappa shape index (κ3) is 3.25. The molecular weight excluding hydrogens is 166 g/mol. The van der Waals surface area contributed by atoms with Gasteiger partial charge in [-0.2, -0.15) is 0 Å². The fourth-order valence-electron chi connectivity index (χ4n) is 1.12. The van der Waals surface area contributed by atoms with Crippen LogP contribution in [-0.2, 0) is 11.3 Å². The highest BCUT2D eigenvalue weighted by Crippen LogP contribution is 2.01. The summed E-state index contributed by atoms with van der Waals surface area (Å²) in [5.74, 6) is 0. The Bertz CT molecular complexity index is 248. The average molecular weight is 179 g/mol. The predicted molar refractivity (Wildman–Crippen MR) is 50.0 cm³/mol. The van der Waals surface area contributed by atoms with Crippen molar-refractivity contribution in [2.45, 2.75) is 6.54 Å². The maximum absolute atomic E-state index is 10.5. The zero-order valence-corrected chi connectivity index (χ0v) is 7.39. The number of hydrogen-bond donors (Lipinski definition) is 1. The summed E-state index contributed by atoms with van der Waals surface area (Å²) in [6, 6.07) is 9.69. The van der Waals surface area contributed by atoms with Crippen molar-refractivity contribution in [1.29, 1.82) is 0 Å². The van der Waals surface area contributed by atoms with E-state index in [1.807, 2.05) is 30.3 Å². The molecule has 0 aliphatic rings. The second-order valence-corrected chi connectivity index (χ2v) is 2.79. The van der Waals surface area contributed by atoms with E-state index in [0.717, 1.165) is 12.0 Å². The van der Waals surface area contributed by atoms with Gasteiger partial charge < -0.3 is 10.0 Å². The normalized spacial score (nSPS) is 9.62. The quantitative estimate of drug-likeness (QED) is 0.674. The van der Waals surface area contributed by atoms with Gasteiger partial charge in [-0.25, -0.2) is 0 Å². The van der Waals surface area contributed by atoms with Crippen molar-refractivity contribution in [3.8, 4) is 0 Å². The molecule has 1 N–H and O–H groups in total. The fraction of sp³-hybridized carbons (Fsp3) is 0.300. The Morgan fingerprint density at radius 2 is 2.00 bits per heavy atom. The molecule has 1 aromatic carbocycles. The lowest BCUT2D eigenvalue weighted by atomic mass is 10.2. The van der Waals surface area contributed by atoms with Crippen LogP contribution in [0.1, 0.15) is 5.56 Å². The van der Waals surface area contributed by atoms with Crippen LogP contribution in [0.25, 0.3) is 0 Å². The Morgan fingerprint density at radius 3 is 2.54 bits per heavy atom. The van der Waals surface area contributed by atoms with Gasteiger partial charge in [0.25, 0.3) is 0 Å². The second kappa shape index (κ2) is 5.32. The number of rotatable bonds is 5. The smallest absolute Gasteiger partial charge is 0.210 e. The number of aliphatic hydroxyl groups excluding tert-OH is 1. The van der Waals surface area contributed by atoms with Gasteiger partial charge in [-0.3, -0.25) is 4.79 Å². The van der Waals surface area contributed by atoms with Crippen molar-refractivity contribution in [3.05, 3.63) is 35.9 Å². The lowest BCUT2D eigenvalue weighted by molar-refractivity contribution is -0.119. The van der Waals surface area contributed by atoms with E-state index in [2.05, 4.69) is 0 Å². The molecule has 0 heterocycles. The number of carbonyl (C=O) groups is 1. The van der Waals surface area contributed by atoms with Gasteiger partial charge in [-0.1, -0.05) is 30.3 Å². The van der Waals surface area contributed by atoms with Crippen LogP contribution in [0.4, 0.5) is 0 Å². The van der Waals surface area contributed by atoms with Crippen LogP contribution in [0.3, 0.4) is 0 Å². The molecule has 0 saturated heterocycles. The van der Waals surface area contributed by atoms with Crippen LogP contribution >= 0.6 is 0 Å². The highest BCUT2D eigenvalue weighted by molar-refractivity contribution is 5.47. The minimum Gasteiger partial charge on any atom is -0.395 e. The van der Waals surface area contributed by atoms with Crippen molar-refractivity contribution < 1.29 is 9.90 Å². The highest BCUT2D eigenvalue weighted by atomic mass is 16.3.